The maximum Gasteiger partial charge on any atom is 0.305 e. The molecule has 0 atom stereocenters. The number of carboxylic acids is 1. The Kier molecular flexibility index (Phi) is 4.15. The number of carbonyl (C=O) groups excluding carboxylic acids is 2. The molecule has 0 spiro atoms. The maximum atomic E-state index is 12.4. The number of anilines is 1. The molecule has 2 aliphatic rings. The minimum absolute atomic E-state index is 0.0143. The fourth-order valence-electron chi connectivity index (χ4n) is 2.66. The van der Waals surface area contributed by atoms with Crippen molar-refractivity contribution in [1.82, 2.24) is 5.32 Å². The van der Waals surface area contributed by atoms with Crippen molar-refractivity contribution in [1.29, 1.82) is 0 Å². The van der Waals surface area contributed by atoms with Gasteiger partial charge < -0.3 is 15.7 Å². The van der Waals surface area contributed by atoms with Crippen LogP contribution in [0, 0.1) is 5.92 Å². The van der Waals surface area contributed by atoms with Crippen LogP contribution in [0.15, 0.2) is 0 Å². The molecule has 0 aliphatic heterocycles. The highest BCUT2D eigenvalue weighted by Gasteiger charge is 2.32. The van der Waals surface area contributed by atoms with Gasteiger partial charge in [-0.2, -0.15) is 0 Å². The molecule has 7 heteroatoms. The third kappa shape index (κ3) is 3.14. The van der Waals surface area contributed by atoms with Gasteiger partial charge in [0.1, 0.15) is 5.00 Å². The van der Waals surface area contributed by atoms with E-state index in [1.54, 1.807) is 0 Å². The van der Waals surface area contributed by atoms with E-state index in [4.69, 9.17) is 5.11 Å². The Hall–Kier alpha value is -1.89. The third-order valence-corrected chi connectivity index (χ3v) is 5.16. The molecule has 1 heterocycles. The minimum atomic E-state index is -0.946. The number of carbonyl (C=O) groups is 3. The first-order valence-electron chi connectivity index (χ1n) is 7.51. The molecule has 118 valence electrons. The largest absolute Gasteiger partial charge is 0.481 e. The van der Waals surface area contributed by atoms with E-state index in [9.17, 15) is 14.4 Å². The molecule has 0 bridgehead atoms. The number of thiophene rings is 1. The van der Waals surface area contributed by atoms with Gasteiger partial charge in [0.15, 0.2) is 0 Å². The van der Waals surface area contributed by atoms with Crippen molar-refractivity contribution < 1.29 is 19.5 Å². The highest BCUT2D eigenvalue weighted by atomic mass is 32.1. The molecule has 0 radical (unpaired) electrons. The van der Waals surface area contributed by atoms with E-state index in [2.05, 4.69) is 10.6 Å². The summed E-state index contributed by atoms with van der Waals surface area (Å²) in [5.74, 6) is -1.16. The highest BCUT2D eigenvalue weighted by molar-refractivity contribution is 7.17. The Bertz CT molecular complexity index is 634. The minimum Gasteiger partial charge on any atom is -0.481 e. The average Bonchev–Trinajstić information content (AvgIpc) is 3.12. The van der Waals surface area contributed by atoms with Gasteiger partial charge in [0, 0.05) is 17.3 Å². The van der Waals surface area contributed by atoms with Crippen LogP contribution < -0.4 is 10.6 Å². The Labute approximate surface area is 131 Å². The van der Waals surface area contributed by atoms with Crippen LogP contribution in [0.1, 0.15) is 46.5 Å². The molecular formula is C15H18N2O4S. The molecule has 3 N–H and O–H groups in total. The van der Waals surface area contributed by atoms with Gasteiger partial charge in [0.05, 0.1) is 12.0 Å². The molecule has 1 aromatic heterocycles. The number of fused-ring (bicyclic) bond motifs is 1. The lowest BCUT2D eigenvalue weighted by Crippen LogP contribution is -2.27. The lowest BCUT2D eigenvalue weighted by atomic mass is 10.1. The number of rotatable bonds is 6. The van der Waals surface area contributed by atoms with Crippen LogP contribution in [0.4, 0.5) is 5.00 Å². The van der Waals surface area contributed by atoms with Crippen LogP contribution in [-0.2, 0) is 22.4 Å². The summed E-state index contributed by atoms with van der Waals surface area (Å²) in [6, 6.07) is 0. The molecule has 22 heavy (non-hydrogen) atoms. The van der Waals surface area contributed by atoms with Crippen LogP contribution in [-0.4, -0.2) is 29.4 Å². The molecule has 6 nitrogen and oxygen atoms in total. The smallest absolute Gasteiger partial charge is 0.305 e. The van der Waals surface area contributed by atoms with Gasteiger partial charge in [-0.3, -0.25) is 14.4 Å². The topological polar surface area (TPSA) is 95.5 Å². The van der Waals surface area contributed by atoms with Gasteiger partial charge in [0.25, 0.3) is 5.91 Å². The van der Waals surface area contributed by atoms with E-state index in [-0.39, 0.29) is 30.7 Å². The molecule has 0 aromatic carbocycles. The van der Waals surface area contributed by atoms with E-state index in [0.717, 1.165) is 42.5 Å². The van der Waals surface area contributed by atoms with E-state index in [1.165, 1.54) is 11.3 Å². The zero-order valence-corrected chi connectivity index (χ0v) is 12.9. The predicted molar refractivity (Wildman–Crippen MR) is 82.3 cm³/mol. The van der Waals surface area contributed by atoms with Gasteiger partial charge in [-0.25, -0.2) is 0 Å². The molecule has 2 aliphatic carbocycles. The standard InChI is InChI=1S/C15H18N2O4S/c18-11(19)6-7-16-14(21)12-9-2-1-3-10(9)22-15(12)17-13(20)8-4-5-8/h8H,1-7H2,(H,16,21)(H,17,20)(H,18,19). The first kappa shape index (κ1) is 15.0. The van der Waals surface area contributed by atoms with Crippen molar-refractivity contribution in [2.75, 3.05) is 11.9 Å². The quantitative estimate of drug-likeness (QED) is 0.744. The van der Waals surface area contributed by atoms with Gasteiger partial charge in [-0.1, -0.05) is 0 Å². The van der Waals surface area contributed by atoms with E-state index >= 15 is 0 Å². The summed E-state index contributed by atoms with van der Waals surface area (Å²) in [5, 5.41) is 14.8. The van der Waals surface area contributed by atoms with Crippen molar-refractivity contribution in [3.63, 3.8) is 0 Å². The van der Waals surface area contributed by atoms with Crippen LogP contribution in [0.5, 0.6) is 0 Å². The lowest BCUT2D eigenvalue weighted by molar-refractivity contribution is -0.136. The van der Waals surface area contributed by atoms with Gasteiger partial charge in [-0.05, 0) is 37.7 Å². The van der Waals surface area contributed by atoms with E-state index in [0.29, 0.717) is 10.6 Å². The van der Waals surface area contributed by atoms with Crippen molar-refractivity contribution in [3.05, 3.63) is 16.0 Å². The Morgan fingerprint density at radius 3 is 2.68 bits per heavy atom. The van der Waals surface area contributed by atoms with Crippen molar-refractivity contribution in [3.8, 4) is 0 Å². The summed E-state index contributed by atoms with van der Waals surface area (Å²) >= 11 is 1.48. The lowest BCUT2D eigenvalue weighted by Gasteiger charge is -2.08. The van der Waals surface area contributed by atoms with E-state index < -0.39 is 5.97 Å². The summed E-state index contributed by atoms with van der Waals surface area (Å²) in [5.41, 5.74) is 1.56. The summed E-state index contributed by atoms with van der Waals surface area (Å²) in [4.78, 5) is 36.1. The molecule has 1 aromatic rings. The number of hydrogen-bond donors (Lipinski definition) is 3. The van der Waals surface area contributed by atoms with Crippen LogP contribution >= 0.6 is 11.3 Å². The number of carboxylic acid groups (broad SMARTS) is 1. The van der Waals surface area contributed by atoms with Crippen LogP contribution in [0.2, 0.25) is 0 Å². The first-order valence-corrected chi connectivity index (χ1v) is 8.33. The van der Waals surface area contributed by atoms with Crippen molar-refractivity contribution >= 4 is 34.1 Å². The number of amides is 2. The number of nitrogens with one attached hydrogen (secondary N) is 2. The molecular weight excluding hydrogens is 304 g/mol. The predicted octanol–water partition coefficient (Wildman–Crippen LogP) is 1.79. The Balaban J connectivity index is 1.76. The van der Waals surface area contributed by atoms with Gasteiger partial charge in [-0.15, -0.1) is 11.3 Å². The van der Waals surface area contributed by atoms with Crippen molar-refractivity contribution in [2.45, 2.75) is 38.5 Å². The first-order chi connectivity index (χ1) is 10.6. The van der Waals surface area contributed by atoms with Crippen LogP contribution in [0.25, 0.3) is 0 Å². The van der Waals surface area contributed by atoms with Gasteiger partial charge >= 0.3 is 5.97 Å². The second kappa shape index (κ2) is 6.08. The van der Waals surface area contributed by atoms with Gasteiger partial charge in [0.2, 0.25) is 5.91 Å². The van der Waals surface area contributed by atoms with E-state index in [1.807, 2.05) is 0 Å². The Morgan fingerprint density at radius 2 is 2.00 bits per heavy atom. The highest BCUT2D eigenvalue weighted by Crippen LogP contribution is 2.40. The molecule has 2 amide bonds. The summed E-state index contributed by atoms with van der Waals surface area (Å²) in [6.07, 6.45) is 4.52. The summed E-state index contributed by atoms with van der Waals surface area (Å²) in [7, 11) is 0. The summed E-state index contributed by atoms with van der Waals surface area (Å²) in [6.45, 7) is 0.0921. The molecule has 1 fully saturated rings. The number of aryl methyl sites for hydroxylation is 1. The fraction of sp³-hybridized carbons (Fsp3) is 0.533. The molecule has 0 saturated heterocycles. The normalized spacial score (nSPS) is 16.2. The van der Waals surface area contributed by atoms with Crippen molar-refractivity contribution in [2.24, 2.45) is 5.92 Å². The molecule has 0 unspecified atom stereocenters. The SMILES string of the molecule is O=C(O)CCNC(=O)c1c(NC(=O)C2CC2)sc2c1CCC2. The summed E-state index contributed by atoms with van der Waals surface area (Å²) < 4.78 is 0. The monoisotopic (exact) mass is 322 g/mol. The maximum absolute atomic E-state index is 12.4. The second-order valence-corrected chi connectivity index (χ2v) is 6.83. The second-order valence-electron chi connectivity index (χ2n) is 5.72. The van der Waals surface area contributed by atoms with Crippen LogP contribution in [0.3, 0.4) is 0 Å². The number of hydrogen-bond acceptors (Lipinski definition) is 4. The number of aliphatic carboxylic acids is 1. The fourth-order valence-corrected chi connectivity index (χ4v) is 3.95. The Morgan fingerprint density at radius 1 is 1.23 bits per heavy atom. The third-order valence-electron chi connectivity index (χ3n) is 3.96. The zero-order valence-electron chi connectivity index (χ0n) is 12.1. The molecule has 1 saturated carbocycles. The average molecular weight is 322 g/mol. The molecule has 3 rings (SSSR count). The zero-order chi connectivity index (χ0) is 15.7.